The highest BCUT2D eigenvalue weighted by Gasteiger charge is 2.49. The van der Waals surface area contributed by atoms with Crippen LogP contribution in [0.3, 0.4) is 0 Å². The van der Waals surface area contributed by atoms with Crippen LogP contribution in [0.25, 0.3) is 0 Å². The van der Waals surface area contributed by atoms with Gasteiger partial charge in [-0.2, -0.15) is 0 Å². The highest BCUT2D eigenvalue weighted by molar-refractivity contribution is 7.89. The van der Waals surface area contributed by atoms with Crippen LogP contribution in [0.4, 0.5) is 0 Å². The summed E-state index contributed by atoms with van der Waals surface area (Å²) in [5.74, 6) is -0.871. The molecule has 0 bridgehead atoms. The quantitative estimate of drug-likeness (QED) is 0.606. The van der Waals surface area contributed by atoms with Crippen molar-refractivity contribution in [1.29, 1.82) is 0 Å². The number of nitrogens with two attached hydrogens (primary N) is 1. The van der Waals surface area contributed by atoms with E-state index in [0.29, 0.717) is 10.6 Å². The molecule has 1 saturated heterocycles. The summed E-state index contributed by atoms with van der Waals surface area (Å²) in [5.41, 5.74) is 6.82. The van der Waals surface area contributed by atoms with Gasteiger partial charge in [0.05, 0.1) is 11.6 Å². The molecule has 0 aliphatic carbocycles. The molecule has 0 radical (unpaired) electrons. The van der Waals surface area contributed by atoms with Crippen molar-refractivity contribution in [3.63, 3.8) is 0 Å². The summed E-state index contributed by atoms with van der Waals surface area (Å²) in [6, 6.07) is 8.45. The number of rotatable bonds is 5. The van der Waals surface area contributed by atoms with Gasteiger partial charge in [0.1, 0.15) is 22.8 Å². The minimum absolute atomic E-state index is 0.0306. The normalized spacial score (nSPS) is 20.9. The van der Waals surface area contributed by atoms with E-state index < -0.39 is 28.0 Å². The summed E-state index contributed by atoms with van der Waals surface area (Å²) in [6.45, 7) is 3.28. The van der Waals surface area contributed by atoms with E-state index in [-0.39, 0.29) is 45.7 Å². The summed E-state index contributed by atoms with van der Waals surface area (Å²) >= 11 is 18.3. The lowest BCUT2D eigenvalue weighted by Crippen LogP contribution is -2.66. The molecule has 12 heteroatoms. The van der Waals surface area contributed by atoms with Gasteiger partial charge in [-0.25, -0.2) is 12.7 Å². The van der Waals surface area contributed by atoms with Gasteiger partial charge < -0.3 is 10.6 Å². The highest BCUT2D eigenvalue weighted by Crippen LogP contribution is 2.36. The third-order valence-electron chi connectivity index (χ3n) is 5.86. The second-order valence-electron chi connectivity index (χ2n) is 8.60. The predicted octanol–water partition coefficient (Wildman–Crippen LogP) is 3.47. The molecule has 1 fully saturated rings. The zero-order chi connectivity index (χ0) is 25.7. The molecule has 2 amide bonds. The molecule has 8 nitrogen and oxygen atoms in total. The predicted molar refractivity (Wildman–Crippen MR) is 134 cm³/mol. The molecule has 2 N–H and O–H groups in total. The first-order chi connectivity index (χ1) is 16.4. The lowest BCUT2D eigenvalue weighted by Gasteiger charge is -2.48. The van der Waals surface area contributed by atoms with Gasteiger partial charge in [-0.3, -0.25) is 14.5 Å². The van der Waals surface area contributed by atoms with Crippen LogP contribution in [0.15, 0.2) is 59.4 Å². The van der Waals surface area contributed by atoms with Gasteiger partial charge in [-0.15, -0.1) is 0 Å². The van der Waals surface area contributed by atoms with Crippen molar-refractivity contribution in [3.05, 3.63) is 75.1 Å². The van der Waals surface area contributed by atoms with Crippen LogP contribution in [0, 0.1) is 0 Å². The van der Waals surface area contributed by atoms with Crippen LogP contribution >= 0.6 is 34.8 Å². The van der Waals surface area contributed by atoms with Gasteiger partial charge in [0, 0.05) is 28.7 Å². The Morgan fingerprint density at radius 3 is 2.34 bits per heavy atom. The standard InChI is InChI=1S/C23H23Cl3N4O4S/c1-13(2)28-12-21-29(35(33,34)20-7-6-16(25)10-17(20)26)11-18(27)22(31)30(21)19(23(28)32)9-14-4-3-5-15(24)8-14/h3-8,10,12-13,18-19H,9,11,27H2,1-2H3. The minimum Gasteiger partial charge on any atom is -0.318 e. The number of hydrogen-bond acceptors (Lipinski definition) is 5. The molecule has 0 spiro atoms. The van der Waals surface area contributed by atoms with E-state index in [9.17, 15) is 18.0 Å². The highest BCUT2D eigenvalue weighted by atomic mass is 35.5. The molecule has 2 aromatic rings. The Bertz CT molecular complexity index is 1330. The van der Waals surface area contributed by atoms with Crippen LogP contribution in [-0.2, 0) is 26.0 Å². The summed E-state index contributed by atoms with van der Waals surface area (Å²) in [6.07, 6.45) is 1.50. The van der Waals surface area contributed by atoms with Crippen molar-refractivity contribution in [2.45, 2.75) is 43.3 Å². The molecule has 2 aromatic carbocycles. The van der Waals surface area contributed by atoms with E-state index in [1.165, 1.54) is 34.2 Å². The van der Waals surface area contributed by atoms with Gasteiger partial charge in [0.25, 0.3) is 10.0 Å². The lowest BCUT2D eigenvalue weighted by molar-refractivity contribution is -0.149. The van der Waals surface area contributed by atoms with Crippen LogP contribution in [0.5, 0.6) is 0 Å². The Labute approximate surface area is 218 Å². The van der Waals surface area contributed by atoms with E-state index >= 15 is 0 Å². The Hall–Kier alpha value is -2.30. The van der Waals surface area contributed by atoms with E-state index in [1.54, 1.807) is 38.1 Å². The molecule has 35 heavy (non-hydrogen) atoms. The maximum Gasteiger partial charge on any atom is 0.267 e. The zero-order valence-electron chi connectivity index (χ0n) is 18.9. The van der Waals surface area contributed by atoms with Gasteiger partial charge in [0.2, 0.25) is 11.8 Å². The van der Waals surface area contributed by atoms with Crippen LogP contribution in [0.2, 0.25) is 15.1 Å². The molecular formula is C23H23Cl3N4O4S. The van der Waals surface area contributed by atoms with Crippen molar-refractivity contribution >= 4 is 56.6 Å². The Kier molecular flexibility index (Phi) is 7.09. The first kappa shape index (κ1) is 25.8. The monoisotopic (exact) mass is 556 g/mol. The van der Waals surface area contributed by atoms with Gasteiger partial charge in [-0.05, 0) is 49.7 Å². The molecule has 4 rings (SSSR count). The summed E-state index contributed by atoms with van der Waals surface area (Å²) in [7, 11) is -4.26. The van der Waals surface area contributed by atoms with Gasteiger partial charge in [-0.1, -0.05) is 46.9 Å². The maximum atomic E-state index is 13.7. The van der Waals surface area contributed by atoms with Crippen molar-refractivity contribution < 1.29 is 18.0 Å². The second-order valence-corrected chi connectivity index (χ2v) is 11.7. The van der Waals surface area contributed by atoms with E-state index in [0.717, 1.165) is 4.31 Å². The topological polar surface area (TPSA) is 104 Å². The number of halogens is 3. The second kappa shape index (κ2) is 9.63. The smallest absolute Gasteiger partial charge is 0.267 e. The van der Waals surface area contributed by atoms with Crippen molar-refractivity contribution in [1.82, 2.24) is 14.1 Å². The maximum absolute atomic E-state index is 13.7. The lowest BCUT2D eigenvalue weighted by atomic mass is 9.99. The summed E-state index contributed by atoms with van der Waals surface area (Å²) in [5, 5.41) is 0.680. The minimum atomic E-state index is -4.26. The van der Waals surface area contributed by atoms with Gasteiger partial charge >= 0.3 is 0 Å². The zero-order valence-corrected chi connectivity index (χ0v) is 21.9. The van der Waals surface area contributed by atoms with Crippen LogP contribution in [0.1, 0.15) is 19.4 Å². The van der Waals surface area contributed by atoms with E-state index in [2.05, 4.69) is 0 Å². The van der Waals surface area contributed by atoms with Crippen molar-refractivity contribution in [2.75, 3.05) is 6.54 Å². The number of amides is 2. The number of nitrogens with zero attached hydrogens (tertiary/aromatic N) is 3. The molecule has 2 aliphatic heterocycles. The van der Waals surface area contributed by atoms with Gasteiger partial charge in [0.15, 0.2) is 0 Å². The third kappa shape index (κ3) is 4.75. The SMILES string of the molecule is CC(C)N1C=C2N(C(=O)C(N)CN2S(=O)(=O)c2ccc(Cl)cc2Cl)C(Cc2cccc(Cl)c2)C1=O. The number of carbonyl (C=O) groups is 2. The fraction of sp³-hybridized carbons (Fsp3) is 0.304. The molecule has 186 valence electrons. The van der Waals surface area contributed by atoms with E-state index in [1.807, 2.05) is 0 Å². The first-order valence-corrected chi connectivity index (χ1v) is 13.3. The molecule has 0 saturated carbocycles. The molecule has 0 aromatic heterocycles. The number of hydrogen-bond donors (Lipinski definition) is 1. The van der Waals surface area contributed by atoms with Crippen molar-refractivity contribution in [3.8, 4) is 0 Å². The Morgan fingerprint density at radius 1 is 1.03 bits per heavy atom. The molecule has 2 heterocycles. The van der Waals surface area contributed by atoms with E-state index in [4.69, 9.17) is 40.5 Å². The molecule has 2 atom stereocenters. The summed E-state index contributed by atoms with van der Waals surface area (Å²) < 4.78 is 28.5. The molecule has 2 aliphatic rings. The average Bonchev–Trinajstić information content (AvgIpc) is 2.77. The average molecular weight is 558 g/mol. The first-order valence-electron chi connectivity index (χ1n) is 10.8. The van der Waals surface area contributed by atoms with Crippen molar-refractivity contribution in [2.24, 2.45) is 5.73 Å². The number of benzene rings is 2. The Morgan fingerprint density at radius 2 is 1.71 bits per heavy atom. The molecule has 2 unspecified atom stereocenters. The number of carbonyl (C=O) groups excluding carboxylic acids is 2. The molecular weight excluding hydrogens is 535 g/mol. The third-order valence-corrected chi connectivity index (χ3v) is 8.58. The Balaban J connectivity index is 1.85. The fourth-order valence-electron chi connectivity index (χ4n) is 4.17. The van der Waals surface area contributed by atoms with Crippen LogP contribution < -0.4 is 5.73 Å². The summed E-state index contributed by atoms with van der Waals surface area (Å²) in [4.78, 5) is 29.2. The van der Waals surface area contributed by atoms with Crippen LogP contribution in [-0.4, -0.2) is 59.0 Å². The number of fused-ring (bicyclic) bond motifs is 1. The largest absolute Gasteiger partial charge is 0.318 e. The fourth-order valence-corrected chi connectivity index (χ4v) is 6.60. The number of sulfonamides is 1.